The van der Waals surface area contributed by atoms with E-state index in [1.807, 2.05) is 13.8 Å². The van der Waals surface area contributed by atoms with Gasteiger partial charge in [-0.15, -0.1) is 0 Å². The lowest BCUT2D eigenvalue weighted by Gasteiger charge is -2.20. The Bertz CT molecular complexity index is 695. The third kappa shape index (κ3) is 4.38. The number of hydrogen-bond acceptors (Lipinski definition) is 3. The van der Waals surface area contributed by atoms with Crippen LogP contribution >= 0.6 is 0 Å². The zero-order chi connectivity index (χ0) is 17.0. The summed E-state index contributed by atoms with van der Waals surface area (Å²) in [5, 5.41) is 13.2. The second kappa shape index (κ2) is 7.04. The van der Waals surface area contributed by atoms with Crippen molar-refractivity contribution in [3.05, 3.63) is 53.6 Å². The summed E-state index contributed by atoms with van der Waals surface area (Å²) in [4.78, 5) is 24.7. The number of rotatable bonds is 6. The first-order valence-electron chi connectivity index (χ1n) is 7.17. The second-order valence-electron chi connectivity index (χ2n) is 5.46. The quantitative estimate of drug-likeness (QED) is 0.886. The molecule has 0 bridgehead atoms. The van der Waals surface area contributed by atoms with Crippen LogP contribution in [0.2, 0.25) is 0 Å². The topological polar surface area (TPSA) is 75.4 Å². The Morgan fingerprint density at radius 3 is 2.43 bits per heavy atom. The van der Waals surface area contributed by atoms with Crippen LogP contribution < -0.4 is 0 Å². The van der Waals surface area contributed by atoms with E-state index in [4.69, 9.17) is 5.11 Å². The van der Waals surface area contributed by atoms with Crippen molar-refractivity contribution in [3.63, 3.8) is 0 Å². The van der Waals surface area contributed by atoms with Gasteiger partial charge in [0.15, 0.2) is 0 Å². The first-order chi connectivity index (χ1) is 10.9. The van der Waals surface area contributed by atoms with Crippen molar-refractivity contribution < 1.29 is 19.1 Å². The summed E-state index contributed by atoms with van der Waals surface area (Å²) in [6, 6.07) is 7.23. The lowest BCUT2D eigenvalue weighted by molar-refractivity contribution is -0.137. The highest BCUT2D eigenvalue weighted by Gasteiger charge is 2.21. The molecule has 0 aliphatic rings. The normalized spacial score (nSPS) is 10.8. The zero-order valence-corrected chi connectivity index (χ0v) is 12.9. The van der Waals surface area contributed by atoms with Gasteiger partial charge in [0.05, 0.1) is 0 Å². The van der Waals surface area contributed by atoms with Crippen molar-refractivity contribution in [1.29, 1.82) is 0 Å². The van der Waals surface area contributed by atoms with E-state index in [0.717, 1.165) is 0 Å². The summed E-state index contributed by atoms with van der Waals surface area (Å²) < 4.78 is 14.6. The van der Waals surface area contributed by atoms with E-state index in [-0.39, 0.29) is 24.1 Å². The molecule has 2 aromatic rings. The van der Waals surface area contributed by atoms with E-state index in [9.17, 15) is 14.0 Å². The van der Waals surface area contributed by atoms with Crippen molar-refractivity contribution in [3.8, 4) is 0 Å². The lowest BCUT2D eigenvalue weighted by Crippen LogP contribution is -2.35. The van der Waals surface area contributed by atoms with Gasteiger partial charge in [-0.3, -0.25) is 14.3 Å². The molecule has 1 amide bonds. The maximum absolute atomic E-state index is 12.9. The third-order valence-corrected chi connectivity index (χ3v) is 3.26. The molecule has 0 aliphatic heterocycles. The monoisotopic (exact) mass is 319 g/mol. The van der Waals surface area contributed by atoms with Crippen LogP contribution in [0.4, 0.5) is 4.39 Å². The van der Waals surface area contributed by atoms with Crippen LogP contribution in [0.15, 0.2) is 36.5 Å². The SMILES string of the molecule is CC(C)n1ccc(C(=O)N(CC(=O)O)Cc2ccc(F)cc2)n1. The van der Waals surface area contributed by atoms with Gasteiger partial charge in [-0.2, -0.15) is 5.10 Å². The summed E-state index contributed by atoms with van der Waals surface area (Å²) in [6.07, 6.45) is 1.68. The largest absolute Gasteiger partial charge is 0.480 e. The van der Waals surface area contributed by atoms with Crippen LogP contribution in [0.25, 0.3) is 0 Å². The average molecular weight is 319 g/mol. The minimum Gasteiger partial charge on any atom is -0.480 e. The van der Waals surface area contributed by atoms with Crippen molar-refractivity contribution in [2.45, 2.75) is 26.4 Å². The number of aliphatic carboxylic acids is 1. The highest BCUT2D eigenvalue weighted by molar-refractivity contribution is 5.94. The molecule has 0 radical (unpaired) electrons. The van der Waals surface area contributed by atoms with Crippen LogP contribution in [-0.2, 0) is 11.3 Å². The van der Waals surface area contributed by atoms with Crippen LogP contribution in [-0.4, -0.2) is 38.2 Å². The van der Waals surface area contributed by atoms with Crippen LogP contribution in [0.5, 0.6) is 0 Å². The molecular formula is C16H18FN3O3. The van der Waals surface area contributed by atoms with E-state index >= 15 is 0 Å². The van der Waals surface area contributed by atoms with Crippen LogP contribution in [0.3, 0.4) is 0 Å². The van der Waals surface area contributed by atoms with Gasteiger partial charge in [0, 0.05) is 18.8 Å². The molecule has 0 spiro atoms. The Labute approximate surface area is 133 Å². The first-order valence-corrected chi connectivity index (χ1v) is 7.17. The first kappa shape index (κ1) is 16.7. The molecule has 0 unspecified atom stereocenters. The summed E-state index contributed by atoms with van der Waals surface area (Å²) >= 11 is 0. The molecular weight excluding hydrogens is 301 g/mol. The number of aromatic nitrogens is 2. The molecule has 1 N–H and O–H groups in total. The molecule has 0 aliphatic carbocycles. The fraction of sp³-hybridized carbons (Fsp3) is 0.312. The predicted octanol–water partition coefficient (Wildman–Crippen LogP) is 2.33. The van der Waals surface area contributed by atoms with Crippen molar-refractivity contribution in [1.82, 2.24) is 14.7 Å². The molecule has 122 valence electrons. The standard InChI is InChI=1S/C16H18FN3O3/c1-11(2)20-8-7-14(18-20)16(23)19(10-15(21)22)9-12-3-5-13(17)6-4-12/h3-8,11H,9-10H2,1-2H3,(H,21,22). The fourth-order valence-electron chi connectivity index (χ4n) is 2.07. The Balaban J connectivity index is 2.20. The number of hydrogen-bond donors (Lipinski definition) is 1. The smallest absolute Gasteiger partial charge is 0.323 e. The van der Waals surface area contributed by atoms with Crippen molar-refractivity contribution >= 4 is 11.9 Å². The maximum atomic E-state index is 12.9. The number of benzene rings is 1. The Kier molecular flexibility index (Phi) is 5.10. The van der Waals surface area contributed by atoms with Crippen molar-refractivity contribution in [2.24, 2.45) is 0 Å². The molecule has 0 saturated heterocycles. The number of halogens is 1. The van der Waals surface area contributed by atoms with E-state index in [2.05, 4.69) is 5.10 Å². The fourth-order valence-corrected chi connectivity index (χ4v) is 2.07. The van der Waals surface area contributed by atoms with E-state index in [0.29, 0.717) is 5.56 Å². The number of carboxylic acids is 1. The van der Waals surface area contributed by atoms with E-state index in [1.165, 1.54) is 29.2 Å². The van der Waals surface area contributed by atoms with E-state index in [1.54, 1.807) is 16.9 Å². The predicted molar refractivity (Wildman–Crippen MR) is 81.4 cm³/mol. The van der Waals surface area contributed by atoms with Crippen LogP contribution in [0, 0.1) is 5.82 Å². The van der Waals surface area contributed by atoms with Gasteiger partial charge >= 0.3 is 5.97 Å². The van der Waals surface area contributed by atoms with Gasteiger partial charge in [-0.05, 0) is 37.6 Å². The van der Waals surface area contributed by atoms with E-state index < -0.39 is 18.4 Å². The third-order valence-electron chi connectivity index (χ3n) is 3.26. The zero-order valence-electron chi connectivity index (χ0n) is 12.9. The van der Waals surface area contributed by atoms with Gasteiger partial charge < -0.3 is 10.0 Å². The summed E-state index contributed by atoms with van der Waals surface area (Å²) in [6.45, 7) is 3.47. The van der Waals surface area contributed by atoms with Gasteiger partial charge in [-0.25, -0.2) is 4.39 Å². The average Bonchev–Trinajstić information content (AvgIpc) is 2.97. The number of amides is 1. The van der Waals surface area contributed by atoms with Crippen LogP contribution in [0.1, 0.15) is 35.9 Å². The summed E-state index contributed by atoms with van der Waals surface area (Å²) in [7, 11) is 0. The molecule has 6 nitrogen and oxygen atoms in total. The lowest BCUT2D eigenvalue weighted by atomic mass is 10.2. The molecule has 1 aromatic heterocycles. The molecule has 1 aromatic carbocycles. The summed E-state index contributed by atoms with van der Waals surface area (Å²) in [5.74, 6) is -1.99. The van der Waals surface area contributed by atoms with Gasteiger partial charge in [0.25, 0.3) is 5.91 Å². The van der Waals surface area contributed by atoms with Gasteiger partial charge in [-0.1, -0.05) is 12.1 Å². The highest BCUT2D eigenvalue weighted by atomic mass is 19.1. The molecule has 7 heteroatoms. The Hall–Kier alpha value is -2.70. The number of carbonyl (C=O) groups excluding carboxylic acids is 1. The molecule has 1 heterocycles. The molecule has 0 saturated carbocycles. The number of nitrogens with zero attached hydrogens (tertiary/aromatic N) is 3. The molecule has 0 fully saturated rings. The minimum atomic E-state index is -1.12. The molecule has 23 heavy (non-hydrogen) atoms. The molecule has 0 atom stereocenters. The number of carboxylic acid groups (broad SMARTS) is 1. The van der Waals surface area contributed by atoms with Crippen molar-refractivity contribution in [2.75, 3.05) is 6.54 Å². The highest BCUT2D eigenvalue weighted by Crippen LogP contribution is 2.11. The Morgan fingerprint density at radius 1 is 1.26 bits per heavy atom. The van der Waals surface area contributed by atoms with Gasteiger partial charge in [0.1, 0.15) is 18.1 Å². The maximum Gasteiger partial charge on any atom is 0.323 e. The minimum absolute atomic E-state index is 0.0694. The Morgan fingerprint density at radius 2 is 1.91 bits per heavy atom. The molecule has 2 rings (SSSR count). The second-order valence-corrected chi connectivity index (χ2v) is 5.46. The summed E-state index contributed by atoms with van der Waals surface area (Å²) in [5.41, 5.74) is 0.825. The number of carbonyl (C=O) groups is 2. The van der Waals surface area contributed by atoms with Gasteiger partial charge in [0.2, 0.25) is 0 Å².